The van der Waals surface area contributed by atoms with Crippen LogP contribution in [-0.2, 0) is 16.4 Å². The largest absolute Gasteiger partial charge is 0.313 e. The van der Waals surface area contributed by atoms with Gasteiger partial charge in [-0.05, 0) is 49.4 Å². The van der Waals surface area contributed by atoms with Gasteiger partial charge in [0.1, 0.15) is 0 Å². The molecule has 2 N–H and O–H groups in total. The fourth-order valence-electron chi connectivity index (χ4n) is 2.67. The van der Waals surface area contributed by atoms with E-state index in [0.29, 0.717) is 17.4 Å². The van der Waals surface area contributed by atoms with E-state index in [0.717, 1.165) is 19.4 Å². The second-order valence-electron chi connectivity index (χ2n) is 6.24. The molecule has 1 unspecified atom stereocenters. The van der Waals surface area contributed by atoms with E-state index in [4.69, 9.17) is 0 Å². The van der Waals surface area contributed by atoms with Crippen molar-refractivity contribution in [2.24, 2.45) is 5.92 Å². The van der Waals surface area contributed by atoms with Gasteiger partial charge in [-0.1, -0.05) is 32.4 Å². The molecule has 0 amide bonds. The second-order valence-corrected chi connectivity index (χ2v) is 8.01. The van der Waals surface area contributed by atoms with Crippen molar-refractivity contribution >= 4 is 10.0 Å². The van der Waals surface area contributed by atoms with E-state index in [1.54, 1.807) is 12.1 Å². The maximum atomic E-state index is 12.3. The monoisotopic (exact) mass is 310 g/mol. The summed E-state index contributed by atoms with van der Waals surface area (Å²) in [5.74, 6) is 0.572. The van der Waals surface area contributed by atoms with Gasteiger partial charge in [0.25, 0.3) is 0 Å². The van der Waals surface area contributed by atoms with E-state index >= 15 is 0 Å². The topological polar surface area (TPSA) is 58.2 Å². The molecule has 1 fully saturated rings. The average Bonchev–Trinajstić information content (AvgIpc) is 2.46. The van der Waals surface area contributed by atoms with Gasteiger partial charge < -0.3 is 5.32 Å². The van der Waals surface area contributed by atoms with Gasteiger partial charge in [-0.25, -0.2) is 13.1 Å². The van der Waals surface area contributed by atoms with Gasteiger partial charge in [0.2, 0.25) is 10.0 Å². The Morgan fingerprint density at radius 2 is 1.95 bits per heavy atom. The summed E-state index contributed by atoms with van der Waals surface area (Å²) in [6.45, 7) is 5.76. The Kier molecular flexibility index (Phi) is 5.79. The Bertz CT molecular complexity index is 532. The van der Waals surface area contributed by atoms with Gasteiger partial charge in [-0.2, -0.15) is 0 Å². The lowest BCUT2D eigenvalue weighted by molar-refractivity contribution is 0.398. The van der Waals surface area contributed by atoms with Crippen LogP contribution in [0, 0.1) is 5.92 Å². The summed E-state index contributed by atoms with van der Waals surface area (Å²) in [6.07, 6.45) is 4.36. The summed E-state index contributed by atoms with van der Waals surface area (Å²) >= 11 is 0. The van der Waals surface area contributed by atoms with Crippen LogP contribution in [0.4, 0.5) is 0 Å². The minimum atomic E-state index is -3.39. The third kappa shape index (κ3) is 5.09. The normalized spacial score (nSPS) is 19.9. The predicted octanol–water partition coefficient (Wildman–Crippen LogP) is 2.31. The van der Waals surface area contributed by atoms with Crippen molar-refractivity contribution in [2.45, 2.75) is 50.5 Å². The molecule has 0 aliphatic carbocycles. The lowest BCUT2D eigenvalue weighted by Gasteiger charge is -2.23. The third-order valence-electron chi connectivity index (χ3n) is 3.81. The lowest BCUT2D eigenvalue weighted by atomic mass is 10.0. The van der Waals surface area contributed by atoms with Gasteiger partial charge in [-0.3, -0.25) is 0 Å². The van der Waals surface area contributed by atoms with Crippen molar-refractivity contribution < 1.29 is 8.42 Å². The zero-order chi connectivity index (χ0) is 15.3. The highest BCUT2D eigenvalue weighted by Gasteiger charge is 2.18. The van der Waals surface area contributed by atoms with Crippen molar-refractivity contribution in [3.63, 3.8) is 0 Å². The summed E-state index contributed by atoms with van der Waals surface area (Å²) in [6, 6.07) is 7.48. The molecule has 2 rings (SSSR count). The SMILES string of the molecule is CC(C)Cc1ccc(S(=O)(=O)NCC2CCCCN2)cc1. The molecule has 5 heteroatoms. The molecule has 1 aliphatic heterocycles. The molecule has 21 heavy (non-hydrogen) atoms. The molecule has 0 spiro atoms. The molecule has 0 aromatic heterocycles. The molecule has 1 aromatic rings. The Morgan fingerprint density at radius 3 is 2.52 bits per heavy atom. The standard InChI is InChI=1S/C16H26N2O2S/c1-13(2)11-14-6-8-16(9-7-14)21(19,20)18-12-15-5-3-4-10-17-15/h6-9,13,15,17-18H,3-5,10-12H2,1-2H3. The average molecular weight is 310 g/mol. The van der Waals surface area contributed by atoms with Gasteiger partial charge in [0, 0.05) is 12.6 Å². The summed E-state index contributed by atoms with van der Waals surface area (Å²) in [5.41, 5.74) is 1.18. The number of sulfonamides is 1. The number of piperidine rings is 1. The fraction of sp³-hybridized carbons (Fsp3) is 0.625. The first kappa shape index (κ1) is 16.5. The molecule has 118 valence electrons. The van der Waals surface area contributed by atoms with E-state index in [9.17, 15) is 8.42 Å². The van der Waals surface area contributed by atoms with E-state index in [1.807, 2.05) is 12.1 Å². The van der Waals surface area contributed by atoms with Crippen LogP contribution in [0.25, 0.3) is 0 Å². The molecule has 4 nitrogen and oxygen atoms in total. The van der Waals surface area contributed by atoms with Crippen LogP contribution >= 0.6 is 0 Å². The number of hydrogen-bond donors (Lipinski definition) is 2. The molecule has 0 bridgehead atoms. The molecule has 1 heterocycles. The number of rotatable bonds is 6. The molecular weight excluding hydrogens is 284 g/mol. The summed E-state index contributed by atoms with van der Waals surface area (Å²) in [5, 5.41) is 3.35. The second kappa shape index (κ2) is 7.38. The number of benzene rings is 1. The lowest BCUT2D eigenvalue weighted by Crippen LogP contribution is -2.43. The Labute approximate surface area is 128 Å². The first-order chi connectivity index (χ1) is 9.97. The quantitative estimate of drug-likeness (QED) is 0.847. The van der Waals surface area contributed by atoms with Crippen LogP contribution in [-0.4, -0.2) is 27.5 Å². The van der Waals surface area contributed by atoms with Crippen LogP contribution < -0.4 is 10.0 Å². The fourth-order valence-corrected chi connectivity index (χ4v) is 3.75. The number of nitrogens with one attached hydrogen (secondary N) is 2. The molecule has 1 saturated heterocycles. The van der Waals surface area contributed by atoms with Crippen molar-refractivity contribution in [2.75, 3.05) is 13.1 Å². The summed E-state index contributed by atoms with van der Waals surface area (Å²) < 4.78 is 27.3. The van der Waals surface area contributed by atoms with Crippen LogP contribution in [0.3, 0.4) is 0 Å². The number of hydrogen-bond acceptors (Lipinski definition) is 3. The van der Waals surface area contributed by atoms with E-state index < -0.39 is 10.0 Å². The van der Waals surface area contributed by atoms with Gasteiger partial charge in [-0.15, -0.1) is 0 Å². The summed E-state index contributed by atoms with van der Waals surface area (Å²) in [7, 11) is -3.39. The first-order valence-electron chi connectivity index (χ1n) is 7.79. The molecule has 1 aromatic carbocycles. The Hall–Kier alpha value is -0.910. The minimum Gasteiger partial charge on any atom is -0.313 e. The van der Waals surface area contributed by atoms with Gasteiger partial charge in [0.05, 0.1) is 4.90 Å². The smallest absolute Gasteiger partial charge is 0.240 e. The van der Waals surface area contributed by atoms with Crippen LogP contribution in [0.5, 0.6) is 0 Å². The van der Waals surface area contributed by atoms with Crippen LogP contribution in [0.2, 0.25) is 0 Å². The van der Waals surface area contributed by atoms with Crippen molar-refractivity contribution in [3.05, 3.63) is 29.8 Å². The zero-order valence-corrected chi connectivity index (χ0v) is 13.7. The van der Waals surface area contributed by atoms with E-state index in [1.165, 1.54) is 18.4 Å². The highest BCUT2D eigenvalue weighted by molar-refractivity contribution is 7.89. The highest BCUT2D eigenvalue weighted by atomic mass is 32.2. The first-order valence-corrected chi connectivity index (χ1v) is 9.27. The molecular formula is C16H26N2O2S. The third-order valence-corrected chi connectivity index (χ3v) is 5.25. The van der Waals surface area contributed by atoms with Gasteiger partial charge >= 0.3 is 0 Å². The van der Waals surface area contributed by atoms with Crippen molar-refractivity contribution in [3.8, 4) is 0 Å². The predicted molar refractivity (Wildman–Crippen MR) is 85.8 cm³/mol. The molecule has 1 atom stereocenters. The maximum absolute atomic E-state index is 12.3. The minimum absolute atomic E-state index is 0.258. The molecule has 0 radical (unpaired) electrons. The maximum Gasteiger partial charge on any atom is 0.240 e. The molecule has 1 aliphatic rings. The van der Waals surface area contributed by atoms with Crippen molar-refractivity contribution in [1.29, 1.82) is 0 Å². The van der Waals surface area contributed by atoms with E-state index in [-0.39, 0.29) is 6.04 Å². The highest BCUT2D eigenvalue weighted by Crippen LogP contribution is 2.14. The van der Waals surface area contributed by atoms with Crippen LogP contribution in [0.1, 0.15) is 38.7 Å². The van der Waals surface area contributed by atoms with Gasteiger partial charge in [0.15, 0.2) is 0 Å². The van der Waals surface area contributed by atoms with Crippen LogP contribution in [0.15, 0.2) is 29.2 Å². The summed E-state index contributed by atoms with van der Waals surface area (Å²) in [4.78, 5) is 0.353. The Balaban J connectivity index is 1.95. The zero-order valence-electron chi connectivity index (χ0n) is 12.9. The van der Waals surface area contributed by atoms with Crippen molar-refractivity contribution in [1.82, 2.24) is 10.0 Å². The Morgan fingerprint density at radius 1 is 1.24 bits per heavy atom. The molecule has 0 saturated carbocycles. The van der Waals surface area contributed by atoms with E-state index in [2.05, 4.69) is 23.9 Å².